The number of hydrogen-bond donors (Lipinski definition) is 1. The Balaban J connectivity index is 2.27. The van der Waals surface area contributed by atoms with Crippen LogP contribution < -0.4 is 5.32 Å². The van der Waals surface area contributed by atoms with E-state index in [-0.39, 0.29) is 12.6 Å². The zero-order valence-electron chi connectivity index (χ0n) is 9.22. The molecule has 4 nitrogen and oxygen atoms in total. The number of aromatic nitrogens is 3. The molecule has 96 valence electrons. The molecule has 1 aromatic carbocycles. The Labute approximate surface area is 99.3 Å². The van der Waals surface area contributed by atoms with Gasteiger partial charge in [0.25, 0.3) is 0 Å². The van der Waals surface area contributed by atoms with E-state index in [4.69, 9.17) is 0 Å². The van der Waals surface area contributed by atoms with Gasteiger partial charge in [0, 0.05) is 13.1 Å². The minimum Gasteiger partial charge on any atom is -0.373 e. The zero-order valence-corrected chi connectivity index (χ0v) is 9.22. The van der Waals surface area contributed by atoms with Crippen molar-refractivity contribution in [1.29, 1.82) is 0 Å². The maximum absolute atomic E-state index is 13.3. The van der Waals surface area contributed by atoms with Crippen molar-refractivity contribution in [3.63, 3.8) is 0 Å². The first-order chi connectivity index (χ1) is 8.50. The van der Waals surface area contributed by atoms with Crippen LogP contribution in [0.25, 0.3) is 0 Å². The lowest BCUT2D eigenvalue weighted by atomic mass is 10.2. The molecule has 2 aromatic rings. The molecule has 0 atom stereocenters. The molecule has 1 heterocycles. The summed E-state index contributed by atoms with van der Waals surface area (Å²) < 4.78 is 53.9. The highest BCUT2D eigenvalue weighted by molar-refractivity contribution is 5.47. The summed E-state index contributed by atoms with van der Waals surface area (Å²) in [5.41, 5.74) is -0.865. The van der Waals surface area contributed by atoms with E-state index in [1.165, 1.54) is 10.9 Å². The molecule has 0 saturated carbocycles. The van der Waals surface area contributed by atoms with Gasteiger partial charge in [-0.25, -0.2) is 17.6 Å². The molecule has 0 saturated heterocycles. The number of rotatable bonds is 3. The topological polar surface area (TPSA) is 42.7 Å². The van der Waals surface area contributed by atoms with Crippen molar-refractivity contribution in [1.82, 2.24) is 14.8 Å². The third kappa shape index (κ3) is 2.13. The number of anilines is 1. The minimum atomic E-state index is -1.48. The predicted octanol–water partition coefficient (Wildman–Crippen LogP) is 1.98. The Hall–Kier alpha value is -2.12. The van der Waals surface area contributed by atoms with E-state index >= 15 is 0 Å². The summed E-state index contributed by atoms with van der Waals surface area (Å²) in [6.45, 7) is -0.118. The normalized spacial score (nSPS) is 10.7. The molecular formula is C10H8F4N4. The maximum Gasteiger partial charge on any atom is 0.185 e. The van der Waals surface area contributed by atoms with Crippen LogP contribution in [0, 0.1) is 23.3 Å². The molecule has 8 heteroatoms. The molecule has 18 heavy (non-hydrogen) atoms. The highest BCUT2D eigenvalue weighted by Crippen LogP contribution is 2.24. The van der Waals surface area contributed by atoms with Crippen LogP contribution in [-0.2, 0) is 13.6 Å². The summed E-state index contributed by atoms with van der Waals surface area (Å²) in [5, 5.41) is 9.46. The van der Waals surface area contributed by atoms with E-state index in [1.54, 1.807) is 7.05 Å². The maximum atomic E-state index is 13.3. The quantitative estimate of drug-likeness (QED) is 0.678. The van der Waals surface area contributed by atoms with E-state index < -0.39 is 29.0 Å². The molecule has 0 aliphatic carbocycles. The van der Waals surface area contributed by atoms with Crippen LogP contribution in [0.4, 0.5) is 23.2 Å². The first-order valence-electron chi connectivity index (χ1n) is 4.90. The highest BCUT2D eigenvalue weighted by Gasteiger charge is 2.19. The Morgan fingerprint density at radius 1 is 1.17 bits per heavy atom. The van der Waals surface area contributed by atoms with Crippen molar-refractivity contribution < 1.29 is 17.6 Å². The van der Waals surface area contributed by atoms with Gasteiger partial charge in [-0.3, -0.25) is 0 Å². The van der Waals surface area contributed by atoms with Crippen molar-refractivity contribution in [3.05, 3.63) is 41.5 Å². The summed E-state index contributed by atoms with van der Waals surface area (Å²) in [7, 11) is 1.62. The zero-order chi connectivity index (χ0) is 13.3. The molecule has 2 rings (SSSR count). The Morgan fingerprint density at radius 2 is 1.78 bits per heavy atom. The van der Waals surface area contributed by atoms with Crippen LogP contribution in [-0.4, -0.2) is 14.8 Å². The van der Waals surface area contributed by atoms with Gasteiger partial charge in [-0.1, -0.05) is 0 Å². The van der Waals surface area contributed by atoms with Gasteiger partial charge in [-0.05, 0) is 0 Å². The molecule has 1 aromatic heterocycles. The van der Waals surface area contributed by atoms with Gasteiger partial charge < -0.3 is 9.88 Å². The third-order valence-electron chi connectivity index (χ3n) is 2.34. The number of nitrogens with one attached hydrogen (secondary N) is 1. The smallest absolute Gasteiger partial charge is 0.185 e. The van der Waals surface area contributed by atoms with Crippen molar-refractivity contribution >= 4 is 5.69 Å². The molecule has 0 spiro atoms. The summed E-state index contributed by atoms with van der Waals surface area (Å²) in [6.07, 6.45) is 1.38. The van der Waals surface area contributed by atoms with Crippen molar-refractivity contribution in [3.8, 4) is 0 Å². The van der Waals surface area contributed by atoms with Gasteiger partial charge in [0.2, 0.25) is 0 Å². The molecule has 0 aliphatic rings. The summed E-state index contributed by atoms with van der Waals surface area (Å²) in [6, 6.07) is 0.151. The fraction of sp³-hybridized carbons (Fsp3) is 0.200. The third-order valence-corrected chi connectivity index (χ3v) is 2.34. The number of nitrogens with zero attached hydrogens (tertiary/aromatic N) is 3. The van der Waals surface area contributed by atoms with Gasteiger partial charge in [-0.2, -0.15) is 0 Å². The summed E-state index contributed by atoms with van der Waals surface area (Å²) in [5.74, 6) is -5.52. The number of benzene rings is 1. The van der Waals surface area contributed by atoms with Crippen LogP contribution in [0.5, 0.6) is 0 Å². The standard InChI is InChI=1S/C10H8F4N4/c1-18-4-16-17-7(18)3-15-10-8(13)5(11)2-6(12)9(10)14/h2,4,15H,3H2,1H3. The van der Waals surface area contributed by atoms with E-state index in [2.05, 4.69) is 15.5 Å². The molecule has 0 bridgehead atoms. The van der Waals surface area contributed by atoms with Gasteiger partial charge in [0.15, 0.2) is 29.1 Å². The Kier molecular flexibility index (Phi) is 3.17. The second-order valence-electron chi connectivity index (χ2n) is 3.55. The number of halogens is 4. The first kappa shape index (κ1) is 12.3. The van der Waals surface area contributed by atoms with Gasteiger partial charge in [-0.15, -0.1) is 10.2 Å². The fourth-order valence-corrected chi connectivity index (χ4v) is 1.36. The second-order valence-corrected chi connectivity index (χ2v) is 3.55. The highest BCUT2D eigenvalue weighted by atomic mass is 19.2. The monoisotopic (exact) mass is 260 g/mol. The predicted molar refractivity (Wildman–Crippen MR) is 54.6 cm³/mol. The van der Waals surface area contributed by atoms with Crippen LogP contribution in [0.1, 0.15) is 5.82 Å². The molecular weight excluding hydrogens is 252 g/mol. The number of aryl methyl sites for hydroxylation is 1. The van der Waals surface area contributed by atoms with Crippen LogP contribution >= 0.6 is 0 Å². The van der Waals surface area contributed by atoms with Crippen molar-refractivity contribution in [2.24, 2.45) is 7.05 Å². The summed E-state index contributed by atoms with van der Waals surface area (Å²) in [4.78, 5) is 0. The lowest BCUT2D eigenvalue weighted by molar-refractivity contribution is 0.458. The lowest BCUT2D eigenvalue weighted by Crippen LogP contribution is -2.10. The largest absolute Gasteiger partial charge is 0.373 e. The molecule has 0 fully saturated rings. The molecule has 1 N–H and O–H groups in total. The van der Waals surface area contributed by atoms with E-state index in [9.17, 15) is 17.6 Å². The molecule has 0 amide bonds. The average Bonchev–Trinajstić information content (AvgIpc) is 2.73. The SMILES string of the molecule is Cn1cnnc1CNc1c(F)c(F)cc(F)c1F. The van der Waals surface area contributed by atoms with Crippen LogP contribution in [0.15, 0.2) is 12.4 Å². The van der Waals surface area contributed by atoms with E-state index in [0.29, 0.717) is 5.82 Å². The number of hydrogen-bond acceptors (Lipinski definition) is 3. The molecule has 0 unspecified atom stereocenters. The van der Waals surface area contributed by atoms with Crippen LogP contribution in [0.3, 0.4) is 0 Å². The van der Waals surface area contributed by atoms with Crippen molar-refractivity contribution in [2.45, 2.75) is 6.54 Å². The molecule has 0 radical (unpaired) electrons. The van der Waals surface area contributed by atoms with Crippen molar-refractivity contribution in [2.75, 3.05) is 5.32 Å². The average molecular weight is 260 g/mol. The Bertz CT molecular complexity index is 555. The van der Waals surface area contributed by atoms with Gasteiger partial charge in [0.1, 0.15) is 12.0 Å². The van der Waals surface area contributed by atoms with E-state index in [0.717, 1.165) is 0 Å². The Morgan fingerprint density at radius 3 is 2.28 bits per heavy atom. The lowest BCUT2D eigenvalue weighted by Gasteiger charge is -2.09. The van der Waals surface area contributed by atoms with Gasteiger partial charge in [0.05, 0.1) is 6.54 Å². The minimum absolute atomic E-state index is 0.118. The fourth-order valence-electron chi connectivity index (χ4n) is 1.36. The summed E-state index contributed by atoms with van der Waals surface area (Å²) >= 11 is 0. The van der Waals surface area contributed by atoms with E-state index in [1.807, 2.05) is 0 Å². The van der Waals surface area contributed by atoms with Crippen LogP contribution in [0.2, 0.25) is 0 Å². The first-order valence-corrected chi connectivity index (χ1v) is 4.90. The van der Waals surface area contributed by atoms with Gasteiger partial charge >= 0.3 is 0 Å². The second kappa shape index (κ2) is 4.63. The molecule has 0 aliphatic heterocycles.